The topological polar surface area (TPSA) is 32.7 Å². The number of ether oxygens (including phenoxy) is 1. The van der Waals surface area contributed by atoms with Crippen molar-refractivity contribution in [1.29, 1.82) is 0 Å². The molecular formula is C22H22F5NO2. The van der Waals surface area contributed by atoms with Gasteiger partial charge in [0.15, 0.2) is 0 Å². The number of fused-ring (bicyclic) bond motifs is 2. The van der Waals surface area contributed by atoms with Crippen LogP contribution in [0.5, 0.6) is 5.75 Å². The molecule has 2 aromatic rings. The molecule has 2 heterocycles. The maximum absolute atomic E-state index is 13.1. The summed E-state index contributed by atoms with van der Waals surface area (Å²) in [6.07, 6.45) is -8.19. The zero-order valence-corrected chi connectivity index (χ0v) is 16.1. The minimum absolute atomic E-state index is 0.180. The lowest BCUT2D eigenvalue weighted by atomic mass is 9.80. The predicted molar refractivity (Wildman–Crippen MR) is 100.0 cm³/mol. The van der Waals surface area contributed by atoms with Crippen LogP contribution in [0.2, 0.25) is 0 Å². The van der Waals surface area contributed by atoms with Crippen LogP contribution in [-0.2, 0) is 12.1 Å². The molecule has 0 amide bonds. The fraction of sp³-hybridized carbons (Fsp3) is 0.455. The summed E-state index contributed by atoms with van der Waals surface area (Å²) in [7, 11) is 0. The van der Waals surface area contributed by atoms with Crippen molar-refractivity contribution < 1.29 is 31.8 Å². The quantitative estimate of drug-likeness (QED) is 0.663. The standard InChI is InChI=1S/C22H22F5NO2/c23-21(24,25)22(26,27)30-19-10-6-16(7-11-19)20(29)12-17-8-9-18(13-20)28(17)14-15-4-2-1-3-5-15/h1-7,10-11,17-18,29H,8-9,12-14H2. The summed E-state index contributed by atoms with van der Waals surface area (Å²) < 4.78 is 66.9. The van der Waals surface area contributed by atoms with Crippen molar-refractivity contribution in [2.24, 2.45) is 0 Å². The fourth-order valence-electron chi connectivity index (χ4n) is 4.64. The van der Waals surface area contributed by atoms with Crippen LogP contribution in [0.4, 0.5) is 22.0 Å². The molecule has 0 spiro atoms. The van der Waals surface area contributed by atoms with Gasteiger partial charge in [-0.05, 0) is 48.9 Å². The van der Waals surface area contributed by atoms with Crippen molar-refractivity contribution in [3.05, 3.63) is 65.7 Å². The Kier molecular flexibility index (Phi) is 5.26. The van der Waals surface area contributed by atoms with Gasteiger partial charge in [0.1, 0.15) is 5.75 Å². The molecule has 2 aliphatic heterocycles. The maximum atomic E-state index is 13.1. The van der Waals surface area contributed by atoms with E-state index < -0.39 is 23.6 Å². The maximum Gasteiger partial charge on any atom is 0.499 e. The summed E-state index contributed by atoms with van der Waals surface area (Å²) in [6, 6.07) is 15.3. The molecule has 2 aliphatic rings. The SMILES string of the molecule is OC1(c2ccc(OC(F)(F)C(F)(F)F)cc2)CC2CCC(C1)N2Cc1ccccc1. The fourth-order valence-corrected chi connectivity index (χ4v) is 4.64. The zero-order valence-electron chi connectivity index (χ0n) is 16.1. The Hall–Kier alpha value is -2.19. The lowest BCUT2D eigenvalue weighted by molar-refractivity contribution is -0.360. The monoisotopic (exact) mass is 427 g/mol. The van der Waals surface area contributed by atoms with Crippen molar-refractivity contribution in [1.82, 2.24) is 4.90 Å². The van der Waals surface area contributed by atoms with Crippen LogP contribution in [0.25, 0.3) is 0 Å². The Morgan fingerprint density at radius 3 is 2.00 bits per heavy atom. The first kappa shape index (κ1) is 21.1. The van der Waals surface area contributed by atoms with Gasteiger partial charge in [-0.1, -0.05) is 42.5 Å². The second-order valence-electron chi connectivity index (χ2n) is 8.12. The van der Waals surface area contributed by atoms with Gasteiger partial charge >= 0.3 is 12.3 Å². The normalized spacial score (nSPS) is 27.3. The number of benzene rings is 2. The van der Waals surface area contributed by atoms with Crippen molar-refractivity contribution in [2.45, 2.75) is 62.2 Å². The van der Waals surface area contributed by atoms with E-state index in [9.17, 15) is 27.1 Å². The van der Waals surface area contributed by atoms with Crippen LogP contribution in [0.15, 0.2) is 54.6 Å². The average Bonchev–Trinajstić information content (AvgIpc) is 2.92. The van der Waals surface area contributed by atoms with E-state index in [1.165, 1.54) is 17.7 Å². The van der Waals surface area contributed by atoms with Crippen LogP contribution in [-0.4, -0.2) is 34.4 Å². The molecule has 2 aromatic carbocycles. The van der Waals surface area contributed by atoms with Crippen LogP contribution in [0.3, 0.4) is 0 Å². The van der Waals surface area contributed by atoms with Crippen molar-refractivity contribution in [3.63, 3.8) is 0 Å². The minimum atomic E-state index is -5.80. The number of hydrogen-bond donors (Lipinski definition) is 1. The van der Waals surface area contributed by atoms with Gasteiger partial charge in [-0.3, -0.25) is 4.90 Å². The number of alkyl halides is 5. The number of aliphatic hydroxyl groups is 1. The molecule has 2 bridgehead atoms. The number of piperidine rings is 1. The third kappa shape index (κ3) is 4.03. The lowest BCUT2D eigenvalue weighted by Gasteiger charge is -2.44. The van der Waals surface area contributed by atoms with Gasteiger partial charge in [0.25, 0.3) is 0 Å². The molecule has 162 valence electrons. The third-order valence-corrected chi connectivity index (χ3v) is 6.09. The van der Waals surface area contributed by atoms with Gasteiger partial charge in [-0.15, -0.1) is 0 Å². The average molecular weight is 427 g/mol. The van der Waals surface area contributed by atoms with Gasteiger partial charge in [0.05, 0.1) is 5.60 Å². The first-order chi connectivity index (χ1) is 14.1. The predicted octanol–water partition coefficient (Wildman–Crippen LogP) is 5.24. The second-order valence-corrected chi connectivity index (χ2v) is 8.12. The van der Waals surface area contributed by atoms with Gasteiger partial charge in [-0.25, -0.2) is 0 Å². The van der Waals surface area contributed by atoms with Crippen molar-refractivity contribution >= 4 is 0 Å². The molecule has 0 radical (unpaired) electrons. The highest BCUT2D eigenvalue weighted by Gasteiger charge is 2.61. The highest BCUT2D eigenvalue weighted by molar-refractivity contribution is 5.32. The Balaban J connectivity index is 1.46. The first-order valence-electron chi connectivity index (χ1n) is 9.84. The Labute approximate surface area is 171 Å². The van der Waals surface area contributed by atoms with E-state index in [-0.39, 0.29) is 12.1 Å². The van der Waals surface area contributed by atoms with Crippen molar-refractivity contribution in [3.8, 4) is 5.75 Å². The Morgan fingerprint density at radius 2 is 1.47 bits per heavy atom. The first-order valence-corrected chi connectivity index (χ1v) is 9.84. The summed E-state index contributed by atoms with van der Waals surface area (Å²) in [5, 5.41) is 11.3. The summed E-state index contributed by atoms with van der Waals surface area (Å²) in [5.41, 5.74) is 0.553. The number of nitrogens with zero attached hydrogens (tertiary/aromatic N) is 1. The van der Waals surface area contributed by atoms with E-state index in [1.807, 2.05) is 18.2 Å². The highest BCUT2D eigenvalue weighted by Crippen LogP contribution is 2.46. The summed E-state index contributed by atoms with van der Waals surface area (Å²) in [6.45, 7) is 0.797. The number of halogens is 5. The molecule has 2 unspecified atom stereocenters. The van der Waals surface area contributed by atoms with E-state index in [4.69, 9.17) is 0 Å². The van der Waals surface area contributed by atoms with Gasteiger partial charge in [-0.2, -0.15) is 22.0 Å². The molecule has 1 N–H and O–H groups in total. The molecule has 0 aliphatic carbocycles. The van der Waals surface area contributed by atoms with Crippen LogP contribution < -0.4 is 4.74 Å². The van der Waals surface area contributed by atoms with Crippen molar-refractivity contribution in [2.75, 3.05) is 0 Å². The molecule has 0 saturated carbocycles. The van der Waals surface area contributed by atoms with E-state index in [0.29, 0.717) is 18.4 Å². The molecule has 2 saturated heterocycles. The zero-order chi connectivity index (χ0) is 21.6. The molecule has 0 aromatic heterocycles. The molecule has 8 heteroatoms. The van der Waals surface area contributed by atoms with Gasteiger partial charge in [0.2, 0.25) is 0 Å². The molecular weight excluding hydrogens is 405 g/mol. The molecule has 4 rings (SSSR count). The minimum Gasteiger partial charge on any atom is -0.426 e. The third-order valence-electron chi connectivity index (χ3n) is 6.09. The highest BCUT2D eigenvalue weighted by atomic mass is 19.4. The van der Waals surface area contributed by atoms with Crippen LogP contribution >= 0.6 is 0 Å². The number of hydrogen-bond acceptors (Lipinski definition) is 3. The van der Waals surface area contributed by atoms with E-state index in [1.54, 1.807) is 0 Å². The van der Waals surface area contributed by atoms with E-state index >= 15 is 0 Å². The molecule has 30 heavy (non-hydrogen) atoms. The van der Waals surface area contributed by atoms with Crippen LogP contribution in [0.1, 0.15) is 36.8 Å². The smallest absolute Gasteiger partial charge is 0.426 e. The lowest BCUT2D eigenvalue weighted by Crippen LogP contribution is -2.49. The second kappa shape index (κ2) is 7.50. The molecule has 3 nitrogen and oxygen atoms in total. The van der Waals surface area contributed by atoms with Crippen LogP contribution in [0, 0.1) is 0 Å². The Morgan fingerprint density at radius 1 is 0.900 bits per heavy atom. The molecule has 2 atom stereocenters. The summed E-state index contributed by atoms with van der Waals surface area (Å²) in [4.78, 5) is 2.39. The number of rotatable bonds is 5. The Bertz CT molecular complexity index is 855. The van der Waals surface area contributed by atoms with Gasteiger partial charge in [0, 0.05) is 18.6 Å². The summed E-state index contributed by atoms with van der Waals surface area (Å²) in [5.74, 6) is -0.603. The summed E-state index contributed by atoms with van der Waals surface area (Å²) >= 11 is 0. The van der Waals surface area contributed by atoms with E-state index in [2.05, 4.69) is 21.8 Å². The van der Waals surface area contributed by atoms with E-state index in [0.717, 1.165) is 31.5 Å². The molecule has 2 fully saturated rings. The largest absolute Gasteiger partial charge is 0.499 e. The van der Waals surface area contributed by atoms with Gasteiger partial charge < -0.3 is 9.84 Å².